The molecule has 2 nitrogen and oxygen atoms in total. The van der Waals surface area contributed by atoms with Crippen LogP contribution >= 0.6 is 23.4 Å². The molecule has 0 amide bonds. The molecule has 0 aromatic carbocycles. The summed E-state index contributed by atoms with van der Waals surface area (Å²) in [7, 11) is 0. The zero-order chi connectivity index (χ0) is 6.24. The van der Waals surface area contributed by atoms with Gasteiger partial charge in [-0.2, -0.15) is 0 Å². The summed E-state index contributed by atoms with van der Waals surface area (Å²) in [6.07, 6.45) is 0. The van der Waals surface area contributed by atoms with E-state index in [-0.39, 0.29) is 0 Å². The largest absolute Gasteiger partial charge is 0.467 e. The minimum absolute atomic E-state index is 0.439. The van der Waals surface area contributed by atoms with Crippen molar-refractivity contribution in [3.05, 3.63) is 0 Å². The molecule has 0 rings (SSSR count). The van der Waals surface area contributed by atoms with E-state index in [1.807, 2.05) is 0 Å². The van der Waals surface area contributed by atoms with Crippen LogP contribution in [0.5, 0.6) is 0 Å². The van der Waals surface area contributed by atoms with Crippen LogP contribution in [0.25, 0.3) is 0 Å². The van der Waals surface area contributed by atoms with E-state index in [4.69, 9.17) is 11.6 Å². The van der Waals surface area contributed by atoms with Crippen LogP contribution in [-0.4, -0.2) is 24.0 Å². The average Bonchev–Trinajstić information content (AvgIpc) is 1.81. The molecule has 0 heterocycles. The fraction of sp³-hybridized carbons (Fsp3) is 0.750. The van der Waals surface area contributed by atoms with Crippen molar-refractivity contribution in [2.45, 2.75) is 0 Å². The number of rotatable bonds is 5. The Labute approximate surface area is 57.5 Å². The van der Waals surface area contributed by atoms with Crippen LogP contribution in [-0.2, 0) is 9.53 Å². The number of halogens is 1. The van der Waals surface area contributed by atoms with E-state index >= 15 is 0 Å². The first-order valence-corrected chi connectivity index (χ1v) is 3.79. The van der Waals surface area contributed by atoms with Gasteiger partial charge in [0.1, 0.15) is 6.61 Å². The van der Waals surface area contributed by atoms with E-state index in [1.54, 1.807) is 0 Å². The topological polar surface area (TPSA) is 26.3 Å². The van der Waals surface area contributed by atoms with Gasteiger partial charge < -0.3 is 4.74 Å². The molecule has 0 aliphatic carbocycles. The van der Waals surface area contributed by atoms with Crippen molar-refractivity contribution in [2.24, 2.45) is 0 Å². The second kappa shape index (κ2) is 7.11. The Morgan fingerprint density at radius 2 is 2.50 bits per heavy atom. The van der Waals surface area contributed by atoms with Gasteiger partial charge in [-0.15, -0.1) is 23.4 Å². The van der Waals surface area contributed by atoms with E-state index in [0.717, 1.165) is 5.75 Å². The molecule has 0 aliphatic heterocycles. The molecule has 0 aliphatic rings. The first-order chi connectivity index (χ1) is 3.91. The molecule has 0 aromatic heterocycles. The summed E-state index contributed by atoms with van der Waals surface area (Å²) < 4.78 is 4.38. The number of thioether (sulfide) groups is 1. The highest BCUT2D eigenvalue weighted by molar-refractivity contribution is 8.00. The average molecular weight is 155 g/mol. The Balaban J connectivity index is 2.62. The Hall–Kier alpha value is 0.110. The normalized spacial score (nSPS) is 8.62. The molecule has 0 aromatic rings. The fourth-order valence-corrected chi connectivity index (χ4v) is 0.860. The van der Waals surface area contributed by atoms with Crippen molar-refractivity contribution < 1.29 is 9.53 Å². The molecule has 0 fully saturated rings. The minimum Gasteiger partial charge on any atom is -0.467 e. The summed E-state index contributed by atoms with van der Waals surface area (Å²) >= 11 is 6.83. The lowest BCUT2D eigenvalue weighted by molar-refractivity contribution is -0.128. The number of hydrogen-bond acceptors (Lipinski definition) is 3. The number of hydrogen-bond donors (Lipinski definition) is 0. The van der Waals surface area contributed by atoms with Gasteiger partial charge in [0.15, 0.2) is 0 Å². The first-order valence-electron chi connectivity index (χ1n) is 2.10. The van der Waals surface area contributed by atoms with E-state index in [1.165, 1.54) is 11.8 Å². The highest BCUT2D eigenvalue weighted by atomic mass is 35.5. The molecule has 0 atom stereocenters. The van der Waals surface area contributed by atoms with Crippen LogP contribution in [0.4, 0.5) is 0 Å². The minimum atomic E-state index is 0.439. The van der Waals surface area contributed by atoms with Gasteiger partial charge in [0.05, 0.1) is 5.21 Å². The highest BCUT2D eigenvalue weighted by Gasteiger charge is 1.83. The van der Waals surface area contributed by atoms with Crippen molar-refractivity contribution in [1.82, 2.24) is 0 Å². The van der Waals surface area contributed by atoms with Gasteiger partial charge in [0.25, 0.3) is 6.47 Å². The molecule has 0 radical (unpaired) electrons. The molecule has 0 saturated heterocycles. The molecule has 0 spiro atoms. The van der Waals surface area contributed by atoms with Gasteiger partial charge >= 0.3 is 0 Å². The lowest BCUT2D eigenvalue weighted by Gasteiger charge is -1.93. The van der Waals surface area contributed by atoms with Crippen molar-refractivity contribution >= 4 is 29.8 Å². The number of carbonyl (C=O) groups is 1. The molecule has 4 heteroatoms. The van der Waals surface area contributed by atoms with Crippen molar-refractivity contribution in [1.29, 1.82) is 0 Å². The fourth-order valence-electron chi connectivity index (χ4n) is 0.210. The zero-order valence-electron chi connectivity index (χ0n) is 4.30. The predicted octanol–water partition coefficient (Wildman–Crippen LogP) is 1.09. The van der Waals surface area contributed by atoms with Crippen molar-refractivity contribution in [3.63, 3.8) is 0 Å². The predicted molar refractivity (Wildman–Crippen MR) is 35.2 cm³/mol. The Kier molecular flexibility index (Phi) is 7.21. The van der Waals surface area contributed by atoms with E-state index in [2.05, 4.69) is 4.74 Å². The Bertz CT molecular complexity index is 60.0. The molecule has 0 unspecified atom stereocenters. The van der Waals surface area contributed by atoms with Gasteiger partial charge in [-0.05, 0) is 0 Å². The molecular weight excluding hydrogens is 148 g/mol. The van der Waals surface area contributed by atoms with Crippen LogP contribution in [0.1, 0.15) is 0 Å². The number of alkyl halides is 1. The molecule has 0 saturated carbocycles. The quantitative estimate of drug-likeness (QED) is 0.337. The summed E-state index contributed by atoms with van der Waals surface area (Å²) in [6.45, 7) is 0.898. The highest BCUT2D eigenvalue weighted by Crippen LogP contribution is 2.00. The van der Waals surface area contributed by atoms with Gasteiger partial charge in [-0.25, -0.2) is 0 Å². The van der Waals surface area contributed by atoms with Gasteiger partial charge in [-0.1, -0.05) is 0 Å². The van der Waals surface area contributed by atoms with Crippen LogP contribution < -0.4 is 0 Å². The zero-order valence-corrected chi connectivity index (χ0v) is 5.87. The summed E-state index contributed by atoms with van der Waals surface area (Å²) in [6, 6.07) is 0. The van der Waals surface area contributed by atoms with E-state index in [0.29, 0.717) is 18.3 Å². The number of carbonyl (C=O) groups excluding carboxylic acids is 1. The maximum Gasteiger partial charge on any atom is 0.293 e. The third-order valence-corrected chi connectivity index (χ3v) is 1.56. The van der Waals surface area contributed by atoms with Crippen LogP contribution in [0.3, 0.4) is 0 Å². The Morgan fingerprint density at radius 3 is 3.00 bits per heavy atom. The smallest absolute Gasteiger partial charge is 0.293 e. The standard InChI is InChI=1S/C4H7ClO2S/c5-3-8-2-1-7-4-6/h4H,1-3H2. The van der Waals surface area contributed by atoms with Crippen molar-refractivity contribution in [3.8, 4) is 0 Å². The lowest BCUT2D eigenvalue weighted by Crippen LogP contribution is -1.93. The summed E-state index contributed by atoms with van der Waals surface area (Å²) in [5, 5.41) is 0.558. The maximum absolute atomic E-state index is 9.50. The maximum atomic E-state index is 9.50. The van der Waals surface area contributed by atoms with E-state index < -0.39 is 0 Å². The second-order valence-corrected chi connectivity index (χ2v) is 2.67. The molecule has 0 N–H and O–H groups in total. The van der Waals surface area contributed by atoms with Crippen LogP contribution in [0, 0.1) is 0 Å². The van der Waals surface area contributed by atoms with E-state index in [9.17, 15) is 4.79 Å². The van der Waals surface area contributed by atoms with Crippen LogP contribution in [0.15, 0.2) is 0 Å². The monoisotopic (exact) mass is 154 g/mol. The van der Waals surface area contributed by atoms with Crippen molar-refractivity contribution in [2.75, 3.05) is 17.6 Å². The van der Waals surface area contributed by atoms with Gasteiger partial charge in [0.2, 0.25) is 0 Å². The molecule has 48 valence electrons. The number of ether oxygens (including phenoxy) is 1. The van der Waals surface area contributed by atoms with Crippen LogP contribution in [0.2, 0.25) is 0 Å². The van der Waals surface area contributed by atoms with Gasteiger partial charge in [0, 0.05) is 5.75 Å². The first kappa shape index (κ1) is 8.11. The molecule has 0 bridgehead atoms. The second-order valence-electron chi connectivity index (χ2n) is 0.984. The molecule has 8 heavy (non-hydrogen) atoms. The molecular formula is C4H7ClO2S. The lowest BCUT2D eigenvalue weighted by atomic mass is 10.9. The SMILES string of the molecule is O=COCCSCCl. The van der Waals surface area contributed by atoms with Gasteiger partial charge in [-0.3, -0.25) is 4.79 Å². The summed E-state index contributed by atoms with van der Waals surface area (Å²) in [5.74, 6) is 0.780. The Morgan fingerprint density at radius 1 is 1.75 bits per heavy atom. The summed E-state index contributed by atoms with van der Waals surface area (Å²) in [4.78, 5) is 9.50. The third-order valence-electron chi connectivity index (χ3n) is 0.491. The third kappa shape index (κ3) is 6.11. The summed E-state index contributed by atoms with van der Waals surface area (Å²) in [5.41, 5.74) is 0.